The minimum absolute atomic E-state index is 0.390. The molecule has 0 aromatic carbocycles. The molecular formula is C12H21N3O2S. The Bertz CT molecular complexity index is 503. The lowest BCUT2D eigenvalue weighted by molar-refractivity contribution is 0.588. The molecule has 0 spiro atoms. The number of nitrogens with zero attached hydrogens (tertiary/aromatic N) is 2. The van der Waals surface area contributed by atoms with Gasteiger partial charge in [0.1, 0.15) is 11.1 Å². The van der Waals surface area contributed by atoms with Gasteiger partial charge in [0.15, 0.2) is 9.84 Å². The van der Waals surface area contributed by atoms with Crippen LogP contribution >= 0.6 is 0 Å². The van der Waals surface area contributed by atoms with Crippen molar-refractivity contribution in [3.05, 3.63) is 22.8 Å². The summed E-state index contributed by atoms with van der Waals surface area (Å²) in [7, 11) is -1.26. The van der Waals surface area contributed by atoms with E-state index < -0.39 is 15.1 Å². The molecule has 1 rings (SSSR count). The molecule has 0 saturated heterocycles. The van der Waals surface area contributed by atoms with Crippen molar-refractivity contribution in [2.45, 2.75) is 32.4 Å². The third-order valence-corrected chi connectivity index (χ3v) is 4.56. The number of rotatable bonds is 5. The molecule has 1 aromatic rings. The second-order valence-corrected chi connectivity index (χ2v) is 6.92. The number of aromatic nitrogens is 2. The van der Waals surface area contributed by atoms with Crippen LogP contribution < -0.4 is 5.32 Å². The van der Waals surface area contributed by atoms with Gasteiger partial charge in [-0.05, 0) is 46.3 Å². The third kappa shape index (κ3) is 3.49. The molecule has 0 aliphatic rings. The van der Waals surface area contributed by atoms with Gasteiger partial charge in [-0.3, -0.25) is 0 Å². The molecule has 0 bridgehead atoms. The Hall–Kier alpha value is -1.01. The summed E-state index contributed by atoms with van der Waals surface area (Å²) < 4.78 is 23.0. The molecule has 18 heavy (non-hydrogen) atoms. The zero-order valence-corrected chi connectivity index (χ0v) is 12.4. The summed E-state index contributed by atoms with van der Waals surface area (Å²) in [6.45, 7) is 6.28. The highest BCUT2D eigenvalue weighted by molar-refractivity contribution is 7.90. The second-order valence-electron chi connectivity index (χ2n) is 4.56. The van der Waals surface area contributed by atoms with E-state index in [1.807, 2.05) is 20.9 Å². The maximum absolute atomic E-state index is 11.5. The molecule has 6 heteroatoms. The second kappa shape index (κ2) is 5.75. The number of hydrogen-bond acceptors (Lipinski definition) is 5. The maximum Gasteiger partial charge on any atom is 0.157 e. The fourth-order valence-corrected chi connectivity index (χ4v) is 2.24. The van der Waals surface area contributed by atoms with Gasteiger partial charge in [-0.1, -0.05) is 0 Å². The van der Waals surface area contributed by atoms with Crippen LogP contribution in [0.1, 0.15) is 34.9 Å². The van der Waals surface area contributed by atoms with Gasteiger partial charge in [0.2, 0.25) is 0 Å². The van der Waals surface area contributed by atoms with Gasteiger partial charge in [0.05, 0.1) is 0 Å². The minimum atomic E-state index is -3.16. The van der Waals surface area contributed by atoms with Crippen molar-refractivity contribution in [2.75, 3.05) is 19.8 Å². The molecule has 0 aliphatic heterocycles. The maximum atomic E-state index is 11.5. The van der Waals surface area contributed by atoms with Gasteiger partial charge in [0, 0.05) is 17.6 Å². The zero-order valence-electron chi connectivity index (χ0n) is 11.6. The topological polar surface area (TPSA) is 72.0 Å². The summed E-state index contributed by atoms with van der Waals surface area (Å²) in [6, 6.07) is 0. The number of likely N-dealkylation sites (N-methyl/N-ethyl adjacent to an activating group) is 1. The lowest BCUT2D eigenvalue weighted by atomic mass is 10.1. The number of aryl methyl sites for hydroxylation is 2. The van der Waals surface area contributed by atoms with E-state index in [4.69, 9.17) is 0 Å². The molecular weight excluding hydrogens is 250 g/mol. The van der Waals surface area contributed by atoms with E-state index >= 15 is 0 Å². The summed E-state index contributed by atoms with van der Waals surface area (Å²) >= 11 is 0. The fraction of sp³-hybridized carbons (Fsp3) is 0.667. The predicted molar refractivity (Wildman–Crippen MR) is 72.4 cm³/mol. The van der Waals surface area contributed by atoms with Gasteiger partial charge in [-0.15, -0.1) is 0 Å². The highest BCUT2D eigenvalue weighted by atomic mass is 32.2. The van der Waals surface area contributed by atoms with Crippen LogP contribution in [0.15, 0.2) is 0 Å². The predicted octanol–water partition coefficient (Wildman–Crippen LogP) is 0.961. The average Bonchev–Trinajstić information content (AvgIpc) is 2.25. The molecule has 0 saturated carbocycles. The first-order valence-corrected chi connectivity index (χ1v) is 7.90. The Morgan fingerprint density at radius 1 is 1.22 bits per heavy atom. The van der Waals surface area contributed by atoms with E-state index in [0.717, 1.165) is 29.9 Å². The Balaban J connectivity index is 3.14. The third-order valence-electron chi connectivity index (χ3n) is 3.07. The van der Waals surface area contributed by atoms with Gasteiger partial charge in [-0.2, -0.15) is 0 Å². The Morgan fingerprint density at radius 2 is 1.72 bits per heavy atom. The van der Waals surface area contributed by atoms with Crippen molar-refractivity contribution >= 4 is 9.84 Å². The van der Waals surface area contributed by atoms with Crippen LogP contribution in [0.2, 0.25) is 0 Å². The number of sulfone groups is 1. The zero-order chi connectivity index (χ0) is 13.9. The monoisotopic (exact) mass is 271 g/mol. The van der Waals surface area contributed by atoms with E-state index in [2.05, 4.69) is 15.3 Å². The molecule has 1 atom stereocenters. The van der Waals surface area contributed by atoms with Gasteiger partial charge < -0.3 is 5.32 Å². The normalized spacial score (nSPS) is 13.6. The SMILES string of the molecule is CNCCc1c(C)nc(C(C)S(C)(=O)=O)nc1C. The molecule has 1 unspecified atom stereocenters. The van der Waals surface area contributed by atoms with E-state index in [1.54, 1.807) is 6.92 Å². The molecule has 0 radical (unpaired) electrons. The molecule has 0 aliphatic carbocycles. The van der Waals surface area contributed by atoms with E-state index in [0.29, 0.717) is 5.82 Å². The lowest BCUT2D eigenvalue weighted by Gasteiger charge is -2.13. The number of nitrogens with one attached hydrogen (secondary N) is 1. The standard InChI is InChI=1S/C12H21N3O2S/c1-8-11(6-7-13-4)9(2)15-12(14-8)10(3)18(5,16)17/h10,13H,6-7H2,1-5H3. The smallest absolute Gasteiger partial charge is 0.157 e. The first-order valence-electron chi connectivity index (χ1n) is 5.94. The van der Waals surface area contributed by atoms with Crippen LogP contribution in [0.4, 0.5) is 0 Å². The van der Waals surface area contributed by atoms with Crippen molar-refractivity contribution in [2.24, 2.45) is 0 Å². The first kappa shape index (κ1) is 15.0. The van der Waals surface area contributed by atoms with Crippen molar-refractivity contribution in [3.8, 4) is 0 Å². The van der Waals surface area contributed by atoms with Crippen LogP contribution in [0.25, 0.3) is 0 Å². The van der Waals surface area contributed by atoms with Crippen molar-refractivity contribution in [1.29, 1.82) is 0 Å². The average molecular weight is 271 g/mol. The molecule has 1 N–H and O–H groups in total. The van der Waals surface area contributed by atoms with Gasteiger partial charge in [-0.25, -0.2) is 18.4 Å². The molecule has 1 heterocycles. The van der Waals surface area contributed by atoms with E-state index in [1.165, 1.54) is 6.26 Å². The van der Waals surface area contributed by atoms with Crippen LogP contribution in [0.3, 0.4) is 0 Å². The molecule has 102 valence electrons. The van der Waals surface area contributed by atoms with Crippen molar-refractivity contribution in [3.63, 3.8) is 0 Å². The molecule has 5 nitrogen and oxygen atoms in total. The highest BCUT2D eigenvalue weighted by Gasteiger charge is 2.21. The highest BCUT2D eigenvalue weighted by Crippen LogP contribution is 2.20. The van der Waals surface area contributed by atoms with Crippen molar-refractivity contribution < 1.29 is 8.42 Å². The fourth-order valence-electron chi connectivity index (χ4n) is 1.75. The van der Waals surface area contributed by atoms with Crippen LogP contribution in [-0.4, -0.2) is 38.2 Å². The van der Waals surface area contributed by atoms with Gasteiger partial charge >= 0.3 is 0 Å². The summed E-state index contributed by atoms with van der Waals surface area (Å²) in [6.07, 6.45) is 2.06. The van der Waals surface area contributed by atoms with Crippen LogP contribution in [0, 0.1) is 13.8 Å². The van der Waals surface area contributed by atoms with Crippen LogP contribution in [0.5, 0.6) is 0 Å². The van der Waals surface area contributed by atoms with Gasteiger partial charge in [0.25, 0.3) is 0 Å². The van der Waals surface area contributed by atoms with E-state index in [9.17, 15) is 8.42 Å². The molecule has 0 fully saturated rings. The summed E-state index contributed by atoms with van der Waals surface area (Å²) in [4.78, 5) is 8.67. The molecule has 1 aromatic heterocycles. The Morgan fingerprint density at radius 3 is 2.11 bits per heavy atom. The summed E-state index contributed by atoms with van der Waals surface area (Å²) in [5.41, 5.74) is 2.82. The minimum Gasteiger partial charge on any atom is -0.319 e. The lowest BCUT2D eigenvalue weighted by Crippen LogP contribution is -2.17. The molecule has 0 amide bonds. The Kier molecular flexibility index (Phi) is 4.81. The quantitative estimate of drug-likeness (QED) is 0.863. The van der Waals surface area contributed by atoms with Crippen LogP contribution in [-0.2, 0) is 16.3 Å². The largest absolute Gasteiger partial charge is 0.319 e. The first-order chi connectivity index (χ1) is 8.27. The Labute approximate surface area is 109 Å². The van der Waals surface area contributed by atoms with E-state index in [-0.39, 0.29) is 0 Å². The van der Waals surface area contributed by atoms with Crippen molar-refractivity contribution in [1.82, 2.24) is 15.3 Å². The summed E-state index contributed by atoms with van der Waals surface area (Å²) in [5, 5.41) is 2.42. The summed E-state index contributed by atoms with van der Waals surface area (Å²) in [5.74, 6) is 0.390. The number of hydrogen-bond donors (Lipinski definition) is 1.